The van der Waals surface area contributed by atoms with E-state index in [4.69, 9.17) is 0 Å². The lowest BCUT2D eigenvalue weighted by atomic mass is 10.2. The summed E-state index contributed by atoms with van der Waals surface area (Å²) in [6.45, 7) is 5.84. The fourth-order valence-corrected chi connectivity index (χ4v) is 2.17. The highest BCUT2D eigenvalue weighted by Gasteiger charge is 2.14. The SMILES string of the molecule is CCN(CC)c1ccc(C=NNC(=O)Cn2cnc([N+](=O)[O-])n2)cc1. The summed E-state index contributed by atoms with van der Waals surface area (Å²) in [5.41, 5.74) is 4.30. The molecule has 0 aliphatic carbocycles. The second-order valence-corrected chi connectivity index (χ2v) is 5.06. The van der Waals surface area contributed by atoms with Crippen LogP contribution in [-0.4, -0.2) is 44.9 Å². The number of aromatic nitrogens is 3. The van der Waals surface area contributed by atoms with E-state index in [2.05, 4.69) is 39.4 Å². The number of hydrogen-bond acceptors (Lipinski definition) is 7. The molecule has 0 aliphatic heterocycles. The van der Waals surface area contributed by atoms with Gasteiger partial charge in [0.15, 0.2) is 0 Å². The second-order valence-electron chi connectivity index (χ2n) is 5.06. The van der Waals surface area contributed by atoms with E-state index >= 15 is 0 Å². The molecule has 1 N–H and O–H groups in total. The van der Waals surface area contributed by atoms with E-state index in [9.17, 15) is 14.9 Å². The molecule has 10 heteroatoms. The molecule has 0 spiro atoms. The van der Waals surface area contributed by atoms with E-state index in [1.54, 1.807) is 0 Å². The number of nitrogens with zero attached hydrogens (tertiary/aromatic N) is 6. The first kappa shape index (κ1) is 18.0. The molecule has 0 aliphatic rings. The number of carbonyl (C=O) groups excluding carboxylic acids is 1. The summed E-state index contributed by atoms with van der Waals surface area (Å²) in [6, 6.07) is 7.80. The summed E-state index contributed by atoms with van der Waals surface area (Å²) in [6.07, 6.45) is 2.64. The van der Waals surface area contributed by atoms with Crippen molar-refractivity contribution in [3.63, 3.8) is 0 Å². The largest absolute Gasteiger partial charge is 0.490 e. The number of rotatable bonds is 8. The molecule has 132 valence electrons. The van der Waals surface area contributed by atoms with Gasteiger partial charge in [0.25, 0.3) is 5.91 Å². The van der Waals surface area contributed by atoms with Gasteiger partial charge in [0.05, 0.1) is 6.21 Å². The Morgan fingerprint density at radius 1 is 1.36 bits per heavy atom. The maximum absolute atomic E-state index is 11.7. The number of hydrogen-bond donors (Lipinski definition) is 1. The topological polar surface area (TPSA) is 119 Å². The molecular formula is C15H19N7O3. The molecule has 0 unspecified atom stereocenters. The smallest absolute Gasteiger partial charge is 0.390 e. The summed E-state index contributed by atoms with van der Waals surface area (Å²) >= 11 is 0. The minimum absolute atomic E-state index is 0.209. The predicted molar refractivity (Wildman–Crippen MR) is 92.4 cm³/mol. The molecule has 25 heavy (non-hydrogen) atoms. The molecule has 1 aromatic heterocycles. The Kier molecular flexibility index (Phi) is 6.15. The van der Waals surface area contributed by atoms with Crippen LogP contribution in [-0.2, 0) is 11.3 Å². The average Bonchev–Trinajstić information content (AvgIpc) is 3.06. The van der Waals surface area contributed by atoms with Gasteiger partial charge < -0.3 is 15.0 Å². The molecule has 0 saturated heterocycles. The highest BCUT2D eigenvalue weighted by molar-refractivity contribution is 5.82. The van der Waals surface area contributed by atoms with Crippen molar-refractivity contribution in [2.75, 3.05) is 18.0 Å². The molecule has 2 aromatic rings. The minimum atomic E-state index is -0.728. The highest BCUT2D eigenvalue weighted by Crippen LogP contribution is 2.13. The first-order valence-corrected chi connectivity index (χ1v) is 7.74. The minimum Gasteiger partial charge on any atom is -0.390 e. The number of amides is 1. The van der Waals surface area contributed by atoms with Crippen molar-refractivity contribution < 1.29 is 9.72 Å². The summed E-state index contributed by atoms with van der Waals surface area (Å²) < 4.78 is 1.07. The lowest BCUT2D eigenvalue weighted by molar-refractivity contribution is -0.394. The average molecular weight is 345 g/mol. The molecule has 0 bridgehead atoms. The molecule has 2 rings (SSSR count). The molecule has 1 heterocycles. The van der Waals surface area contributed by atoms with Crippen LogP contribution in [0.1, 0.15) is 19.4 Å². The quantitative estimate of drug-likeness (QED) is 0.436. The van der Waals surface area contributed by atoms with Crippen molar-refractivity contribution in [2.45, 2.75) is 20.4 Å². The maximum Gasteiger partial charge on any atom is 0.490 e. The Labute approximate surface area is 144 Å². The summed E-state index contributed by atoms with van der Waals surface area (Å²) in [5, 5.41) is 17.9. The summed E-state index contributed by atoms with van der Waals surface area (Å²) in [4.78, 5) is 27.1. The van der Waals surface area contributed by atoms with Gasteiger partial charge >= 0.3 is 5.95 Å². The Morgan fingerprint density at radius 2 is 2.04 bits per heavy atom. The van der Waals surface area contributed by atoms with E-state index in [-0.39, 0.29) is 6.54 Å². The van der Waals surface area contributed by atoms with Crippen LogP contribution < -0.4 is 10.3 Å². The number of nitro groups is 1. The van der Waals surface area contributed by atoms with Crippen LogP contribution in [0, 0.1) is 10.1 Å². The molecule has 10 nitrogen and oxygen atoms in total. The van der Waals surface area contributed by atoms with Gasteiger partial charge in [-0.3, -0.25) is 4.79 Å². The van der Waals surface area contributed by atoms with Gasteiger partial charge in [-0.15, -0.1) is 0 Å². The number of carbonyl (C=O) groups is 1. The lowest BCUT2D eigenvalue weighted by Crippen LogP contribution is -2.23. The van der Waals surface area contributed by atoms with Gasteiger partial charge in [-0.1, -0.05) is 17.1 Å². The van der Waals surface area contributed by atoms with Crippen molar-refractivity contribution >= 4 is 23.8 Å². The van der Waals surface area contributed by atoms with Crippen molar-refractivity contribution in [3.8, 4) is 0 Å². The van der Waals surface area contributed by atoms with Crippen LogP contribution in [0.2, 0.25) is 0 Å². The zero-order valence-corrected chi connectivity index (χ0v) is 14.0. The van der Waals surface area contributed by atoms with E-state index in [0.29, 0.717) is 0 Å². The van der Waals surface area contributed by atoms with Crippen LogP contribution >= 0.6 is 0 Å². The Balaban J connectivity index is 1.87. The Hall–Kier alpha value is -3.30. The first-order valence-electron chi connectivity index (χ1n) is 7.74. The lowest BCUT2D eigenvalue weighted by Gasteiger charge is -2.20. The third-order valence-corrected chi connectivity index (χ3v) is 3.42. The van der Waals surface area contributed by atoms with Gasteiger partial charge in [0, 0.05) is 23.9 Å². The Morgan fingerprint density at radius 3 is 2.60 bits per heavy atom. The predicted octanol–water partition coefficient (Wildman–Crippen LogP) is 1.18. The number of benzene rings is 1. The van der Waals surface area contributed by atoms with Gasteiger partial charge in [0.2, 0.25) is 6.33 Å². The van der Waals surface area contributed by atoms with Crippen LogP contribution in [0.4, 0.5) is 11.6 Å². The maximum atomic E-state index is 11.7. The normalized spacial score (nSPS) is 10.8. The van der Waals surface area contributed by atoms with Crippen LogP contribution in [0.5, 0.6) is 0 Å². The zero-order chi connectivity index (χ0) is 18.2. The molecule has 0 saturated carbocycles. The second kappa shape index (κ2) is 8.52. The molecule has 0 fully saturated rings. The zero-order valence-electron chi connectivity index (χ0n) is 14.0. The molecule has 0 radical (unpaired) electrons. The standard InChI is InChI=1S/C15H19N7O3/c1-3-20(4-2)13-7-5-12(6-8-13)9-17-18-14(23)10-21-11-16-15(19-21)22(24)25/h5-9,11H,3-4,10H2,1-2H3,(H,18,23). The monoisotopic (exact) mass is 345 g/mol. The van der Waals surface area contributed by atoms with Crippen LogP contribution in [0.25, 0.3) is 0 Å². The van der Waals surface area contributed by atoms with Crippen molar-refractivity contribution in [2.24, 2.45) is 5.10 Å². The van der Waals surface area contributed by atoms with E-state index in [1.165, 1.54) is 6.21 Å². The van der Waals surface area contributed by atoms with Crippen molar-refractivity contribution in [3.05, 3.63) is 46.3 Å². The molecule has 1 amide bonds. The first-order chi connectivity index (χ1) is 12.0. The summed E-state index contributed by atoms with van der Waals surface area (Å²) in [5.74, 6) is -1.01. The van der Waals surface area contributed by atoms with Gasteiger partial charge in [-0.25, -0.2) is 5.43 Å². The van der Waals surface area contributed by atoms with Crippen molar-refractivity contribution in [1.82, 2.24) is 20.2 Å². The number of hydrazone groups is 1. The number of nitrogens with one attached hydrogen (secondary N) is 1. The van der Waals surface area contributed by atoms with Gasteiger partial charge in [-0.05, 0) is 36.5 Å². The molecule has 0 atom stereocenters. The third-order valence-electron chi connectivity index (χ3n) is 3.42. The van der Waals surface area contributed by atoms with Crippen molar-refractivity contribution in [1.29, 1.82) is 0 Å². The highest BCUT2D eigenvalue weighted by atomic mass is 16.6. The fraction of sp³-hybridized carbons (Fsp3) is 0.333. The number of anilines is 1. The third kappa shape index (κ3) is 5.09. The van der Waals surface area contributed by atoms with Crippen LogP contribution in [0.15, 0.2) is 35.7 Å². The summed E-state index contributed by atoms with van der Waals surface area (Å²) in [7, 11) is 0. The molecular weight excluding hydrogens is 326 g/mol. The van der Waals surface area contributed by atoms with Gasteiger partial charge in [0.1, 0.15) is 6.54 Å². The van der Waals surface area contributed by atoms with Gasteiger partial charge in [-0.2, -0.15) is 9.78 Å². The molecule has 1 aromatic carbocycles. The van der Waals surface area contributed by atoms with Crippen LogP contribution in [0.3, 0.4) is 0 Å². The van der Waals surface area contributed by atoms with E-state index < -0.39 is 16.8 Å². The Bertz CT molecular complexity index is 751. The fourth-order valence-electron chi connectivity index (χ4n) is 2.17. The van der Waals surface area contributed by atoms with E-state index in [0.717, 1.165) is 35.3 Å². The van der Waals surface area contributed by atoms with E-state index in [1.807, 2.05) is 24.3 Å².